The minimum atomic E-state index is -0.0392. The molecule has 1 aromatic heterocycles. The van der Waals surface area contributed by atoms with Gasteiger partial charge in [0.2, 0.25) is 0 Å². The number of methoxy groups -OCH3 is 1. The lowest BCUT2D eigenvalue weighted by Crippen LogP contribution is -2.16. The van der Waals surface area contributed by atoms with Crippen LogP contribution in [0.3, 0.4) is 0 Å². The Kier molecular flexibility index (Phi) is 3.28. The molecule has 25 heavy (non-hydrogen) atoms. The molecule has 1 atom stereocenters. The van der Waals surface area contributed by atoms with Crippen molar-refractivity contribution in [2.45, 2.75) is 12.5 Å². The Morgan fingerprint density at radius 2 is 1.84 bits per heavy atom. The molecule has 2 heterocycles. The van der Waals surface area contributed by atoms with Gasteiger partial charge in [-0.15, -0.1) is 0 Å². The zero-order chi connectivity index (χ0) is 16.8. The van der Waals surface area contributed by atoms with Crippen molar-refractivity contribution in [1.29, 1.82) is 0 Å². The number of fused-ring (bicyclic) bond motifs is 4. The fourth-order valence-corrected chi connectivity index (χ4v) is 3.87. The molecule has 1 aliphatic heterocycles. The topological polar surface area (TPSA) is 34.2 Å². The van der Waals surface area contributed by atoms with Crippen LogP contribution in [0, 0.1) is 0 Å². The highest BCUT2D eigenvalue weighted by atomic mass is 16.5. The predicted molar refractivity (Wildman–Crippen MR) is 100 cm³/mol. The van der Waals surface area contributed by atoms with E-state index in [0.29, 0.717) is 0 Å². The Labute approximate surface area is 146 Å². The van der Waals surface area contributed by atoms with Crippen molar-refractivity contribution in [3.8, 4) is 5.75 Å². The molecular formula is C22H19NO2. The van der Waals surface area contributed by atoms with E-state index in [1.54, 1.807) is 7.11 Å². The van der Waals surface area contributed by atoms with Crippen LogP contribution in [0.2, 0.25) is 0 Å². The van der Waals surface area contributed by atoms with E-state index < -0.39 is 0 Å². The highest BCUT2D eigenvalue weighted by Gasteiger charge is 2.26. The van der Waals surface area contributed by atoms with E-state index >= 15 is 0 Å². The number of benzene rings is 3. The first-order valence-corrected chi connectivity index (χ1v) is 8.62. The van der Waals surface area contributed by atoms with Crippen molar-refractivity contribution in [3.05, 3.63) is 77.5 Å². The predicted octanol–water partition coefficient (Wildman–Crippen LogP) is 4.99. The van der Waals surface area contributed by atoms with Crippen LogP contribution in [0.15, 0.2) is 60.7 Å². The first kappa shape index (κ1) is 14.6. The van der Waals surface area contributed by atoms with Crippen LogP contribution in [-0.4, -0.2) is 18.7 Å². The van der Waals surface area contributed by atoms with Gasteiger partial charge in [-0.05, 0) is 52.6 Å². The largest absolute Gasteiger partial charge is 0.497 e. The highest BCUT2D eigenvalue weighted by Crippen LogP contribution is 2.37. The van der Waals surface area contributed by atoms with E-state index in [-0.39, 0.29) is 6.10 Å². The minimum Gasteiger partial charge on any atom is -0.497 e. The fourth-order valence-electron chi connectivity index (χ4n) is 3.87. The smallest absolute Gasteiger partial charge is 0.123 e. The molecule has 0 radical (unpaired) electrons. The lowest BCUT2D eigenvalue weighted by atomic mass is 9.96. The second-order valence-corrected chi connectivity index (χ2v) is 6.54. The Hall–Kier alpha value is -2.78. The summed E-state index contributed by atoms with van der Waals surface area (Å²) >= 11 is 0. The van der Waals surface area contributed by atoms with Gasteiger partial charge in [0.15, 0.2) is 0 Å². The van der Waals surface area contributed by atoms with Gasteiger partial charge in [0.25, 0.3) is 0 Å². The maximum absolute atomic E-state index is 6.16. The van der Waals surface area contributed by atoms with Crippen LogP contribution in [0.25, 0.3) is 21.7 Å². The van der Waals surface area contributed by atoms with Crippen LogP contribution < -0.4 is 4.74 Å². The standard InChI is InChI=1S/C22H19NO2/c1-24-17-9-8-14-12-16(7-6-15(14)13-17)22-21-19(10-11-25-22)18-4-2-3-5-20(18)23-21/h2-9,12-13,22-23H,10-11H2,1H3. The molecule has 0 saturated carbocycles. The third-order valence-corrected chi connectivity index (χ3v) is 5.12. The van der Waals surface area contributed by atoms with E-state index in [1.807, 2.05) is 6.07 Å². The van der Waals surface area contributed by atoms with Gasteiger partial charge in [-0.1, -0.05) is 36.4 Å². The number of aromatic nitrogens is 1. The van der Waals surface area contributed by atoms with E-state index in [0.717, 1.165) is 18.8 Å². The van der Waals surface area contributed by atoms with Crippen molar-refractivity contribution in [2.24, 2.45) is 0 Å². The van der Waals surface area contributed by atoms with Gasteiger partial charge in [0, 0.05) is 10.9 Å². The summed E-state index contributed by atoms with van der Waals surface area (Å²) in [6.45, 7) is 0.750. The Bertz CT molecular complexity index is 1080. The summed E-state index contributed by atoms with van der Waals surface area (Å²) in [6.07, 6.45) is 0.920. The fraction of sp³-hybridized carbons (Fsp3) is 0.182. The molecule has 0 spiro atoms. The van der Waals surface area contributed by atoms with Gasteiger partial charge in [-0.3, -0.25) is 0 Å². The summed E-state index contributed by atoms with van der Waals surface area (Å²) in [5.74, 6) is 0.882. The minimum absolute atomic E-state index is 0.0392. The molecule has 0 bridgehead atoms. The van der Waals surface area contributed by atoms with E-state index in [9.17, 15) is 0 Å². The molecule has 124 valence electrons. The number of rotatable bonds is 2. The van der Waals surface area contributed by atoms with Crippen LogP contribution >= 0.6 is 0 Å². The van der Waals surface area contributed by atoms with Crippen LogP contribution in [0.1, 0.15) is 22.9 Å². The lowest BCUT2D eigenvalue weighted by molar-refractivity contribution is 0.0678. The average Bonchev–Trinajstić information content (AvgIpc) is 3.06. The molecule has 3 aromatic carbocycles. The Balaban J connectivity index is 1.63. The number of hydrogen-bond donors (Lipinski definition) is 1. The van der Waals surface area contributed by atoms with Crippen molar-refractivity contribution >= 4 is 21.7 Å². The Morgan fingerprint density at radius 3 is 2.76 bits per heavy atom. The van der Waals surface area contributed by atoms with Gasteiger partial charge in [0.05, 0.1) is 19.4 Å². The van der Waals surface area contributed by atoms with Crippen molar-refractivity contribution in [2.75, 3.05) is 13.7 Å². The normalized spacial score (nSPS) is 16.9. The molecule has 1 aliphatic rings. The summed E-state index contributed by atoms with van der Waals surface area (Å²) in [4.78, 5) is 3.59. The van der Waals surface area contributed by atoms with E-state index in [4.69, 9.17) is 9.47 Å². The van der Waals surface area contributed by atoms with Gasteiger partial charge in [-0.2, -0.15) is 0 Å². The quantitative estimate of drug-likeness (QED) is 0.562. The molecule has 4 aromatic rings. The summed E-state index contributed by atoms with van der Waals surface area (Å²) in [5, 5.41) is 3.69. The molecular weight excluding hydrogens is 310 g/mol. The molecule has 1 N–H and O–H groups in total. The summed E-state index contributed by atoms with van der Waals surface area (Å²) in [5.41, 5.74) is 4.96. The van der Waals surface area contributed by atoms with Crippen LogP contribution in [0.5, 0.6) is 5.75 Å². The van der Waals surface area contributed by atoms with Gasteiger partial charge < -0.3 is 14.5 Å². The third kappa shape index (κ3) is 2.31. The first-order chi connectivity index (χ1) is 12.3. The number of nitrogens with one attached hydrogen (secondary N) is 1. The number of ether oxygens (including phenoxy) is 2. The first-order valence-electron chi connectivity index (χ1n) is 8.62. The third-order valence-electron chi connectivity index (χ3n) is 5.12. The molecule has 0 amide bonds. The van der Waals surface area contributed by atoms with Crippen LogP contribution in [0.4, 0.5) is 0 Å². The van der Waals surface area contributed by atoms with Crippen LogP contribution in [-0.2, 0) is 11.2 Å². The monoisotopic (exact) mass is 329 g/mol. The zero-order valence-electron chi connectivity index (χ0n) is 14.1. The van der Waals surface area contributed by atoms with Crippen molar-refractivity contribution in [3.63, 3.8) is 0 Å². The van der Waals surface area contributed by atoms with Gasteiger partial charge in [-0.25, -0.2) is 0 Å². The molecule has 3 heteroatoms. The number of aromatic amines is 1. The van der Waals surface area contributed by atoms with Gasteiger partial charge in [0.1, 0.15) is 11.9 Å². The molecule has 3 nitrogen and oxygen atoms in total. The summed E-state index contributed by atoms with van der Waals surface area (Å²) < 4.78 is 11.5. The molecule has 1 unspecified atom stereocenters. The summed E-state index contributed by atoms with van der Waals surface area (Å²) in [7, 11) is 1.70. The SMILES string of the molecule is COc1ccc2cc(C3OCCc4c3[nH]c3ccccc43)ccc2c1. The maximum atomic E-state index is 6.16. The van der Waals surface area contributed by atoms with E-state index in [1.165, 1.54) is 38.5 Å². The van der Waals surface area contributed by atoms with Crippen molar-refractivity contribution < 1.29 is 9.47 Å². The average molecular weight is 329 g/mol. The molecule has 0 aliphatic carbocycles. The summed E-state index contributed by atoms with van der Waals surface area (Å²) in [6, 6.07) is 21.2. The van der Waals surface area contributed by atoms with Gasteiger partial charge >= 0.3 is 0 Å². The van der Waals surface area contributed by atoms with E-state index in [2.05, 4.69) is 59.6 Å². The van der Waals surface area contributed by atoms with Crippen molar-refractivity contribution in [1.82, 2.24) is 4.98 Å². The number of H-pyrrole nitrogens is 1. The molecule has 5 rings (SSSR count). The second kappa shape index (κ2) is 5.64. The Morgan fingerprint density at radius 1 is 1.00 bits per heavy atom. The molecule has 0 fully saturated rings. The maximum Gasteiger partial charge on any atom is 0.123 e. The number of hydrogen-bond acceptors (Lipinski definition) is 2. The second-order valence-electron chi connectivity index (χ2n) is 6.54. The lowest BCUT2D eigenvalue weighted by Gasteiger charge is -2.24. The number of para-hydroxylation sites is 1. The zero-order valence-corrected chi connectivity index (χ0v) is 14.1. The highest BCUT2D eigenvalue weighted by molar-refractivity contribution is 5.86. The molecule has 0 saturated heterocycles.